The van der Waals surface area contributed by atoms with Crippen molar-refractivity contribution in [1.29, 1.82) is 0 Å². The molecule has 1 unspecified atom stereocenters. The summed E-state index contributed by atoms with van der Waals surface area (Å²) in [5, 5.41) is 15.7. The number of hydrogen-bond acceptors (Lipinski definition) is 5. The molecule has 1 aliphatic rings. The molecule has 1 aromatic heterocycles. The number of nitrogens with one attached hydrogen (secondary N) is 2. The van der Waals surface area contributed by atoms with Crippen LogP contribution in [0.2, 0.25) is 10.0 Å². The molecule has 0 bridgehead atoms. The molecule has 2 aromatic carbocycles. The summed E-state index contributed by atoms with van der Waals surface area (Å²) >= 11 is 13.2. The van der Waals surface area contributed by atoms with E-state index in [1.165, 1.54) is 16.2 Å². The number of urea groups is 1. The van der Waals surface area contributed by atoms with Crippen molar-refractivity contribution in [2.75, 3.05) is 17.2 Å². The third-order valence-corrected chi connectivity index (χ3v) is 6.57. The van der Waals surface area contributed by atoms with Gasteiger partial charge in [0, 0.05) is 17.8 Å². The summed E-state index contributed by atoms with van der Waals surface area (Å²) in [7, 11) is 0. The zero-order valence-corrected chi connectivity index (χ0v) is 18.9. The highest BCUT2D eigenvalue weighted by molar-refractivity contribution is 7.18. The summed E-state index contributed by atoms with van der Waals surface area (Å²) in [5.74, 6) is -0.284. The average molecular weight is 476 g/mol. The van der Waals surface area contributed by atoms with E-state index in [1.54, 1.807) is 18.2 Å². The van der Waals surface area contributed by atoms with Gasteiger partial charge in [0.2, 0.25) is 11.0 Å². The summed E-state index contributed by atoms with van der Waals surface area (Å²) in [5.41, 5.74) is 2.60. The SMILES string of the molecule is Cc1ccc(-c2nnc(NC(=O)C3CCCN3C(=O)Nc3ccc(Cl)c(Cl)c3)s2)cc1. The Kier molecular flexibility index (Phi) is 6.41. The van der Waals surface area contributed by atoms with Gasteiger partial charge in [0.1, 0.15) is 11.0 Å². The highest BCUT2D eigenvalue weighted by Crippen LogP contribution is 2.28. The minimum absolute atomic E-state index is 0.284. The second kappa shape index (κ2) is 9.21. The van der Waals surface area contributed by atoms with Gasteiger partial charge >= 0.3 is 6.03 Å². The molecule has 1 saturated heterocycles. The minimum Gasteiger partial charge on any atom is -0.312 e. The van der Waals surface area contributed by atoms with Crippen LogP contribution in [0.3, 0.4) is 0 Å². The number of benzene rings is 2. The Morgan fingerprint density at radius 3 is 2.58 bits per heavy atom. The van der Waals surface area contributed by atoms with Crippen molar-refractivity contribution < 1.29 is 9.59 Å². The van der Waals surface area contributed by atoms with E-state index in [4.69, 9.17) is 23.2 Å². The molecule has 31 heavy (non-hydrogen) atoms. The lowest BCUT2D eigenvalue weighted by Crippen LogP contribution is -2.45. The van der Waals surface area contributed by atoms with Crippen LogP contribution in [-0.4, -0.2) is 39.6 Å². The molecule has 0 radical (unpaired) electrons. The Hall–Kier alpha value is -2.68. The van der Waals surface area contributed by atoms with Crippen molar-refractivity contribution in [3.8, 4) is 10.6 Å². The number of aromatic nitrogens is 2. The molecule has 3 aromatic rings. The molecule has 0 spiro atoms. The maximum Gasteiger partial charge on any atom is 0.322 e. The first-order valence-corrected chi connectivity index (χ1v) is 11.2. The van der Waals surface area contributed by atoms with Crippen LogP contribution in [0.25, 0.3) is 10.6 Å². The van der Waals surface area contributed by atoms with Crippen LogP contribution in [0.5, 0.6) is 0 Å². The van der Waals surface area contributed by atoms with E-state index >= 15 is 0 Å². The van der Waals surface area contributed by atoms with Crippen molar-refractivity contribution in [2.45, 2.75) is 25.8 Å². The molecule has 1 fully saturated rings. The lowest BCUT2D eigenvalue weighted by molar-refractivity contribution is -0.119. The third kappa shape index (κ3) is 4.98. The fourth-order valence-electron chi connectivity index (χ4n) is 3.33. The number of carbonyl (C=O) groups is 2. The average Bonchev–Trinajstić information content (AvgIpc) is 3.41. The second-order valence-corrected chi connectivity index (χ2v) is 8.97. The Morgan fingerprint density at radius 2 is 1.84 bits per heavy atom. The van der Waals surface area contributed by atoms with E-state index in [2.05, 4.69) is 20.8 Å². The molecular formula is C21H19Cl2N5O2S. The number of amides is 3. The van der Waals surface area contributed by atoms with Crippen LogP contribution >= 0.6 is 34.5 Å². The maximum atomic E-state index is 12.8. The quantitative estimate of drug-likeness (QED) is 0.524. The third-order valence-electron chi connectivity index (χ3n) is 4.94. The number of carbonyl (C=O) groups excluding carboxylic acids is 2. The van der Waals surface area contributed by atoms with Crippen LogP contribution in [0, 0.1) is 6.92 Å². The van der Waals surface area contributed by atoms with Gasteiger partial charge in [-0.05, 0) is 38.0 Å². The molecule has 160 valence electrons. The van der Waals surface area contributed by atoms with Crippen molar-refractivity contribution in [3.05, 3.63) is 58.1 Å². The number of halogens is 2. The molecular weight excluding hydrogens is 457 g/mol. The van der Waals surface area contributed by atoms with Crippen LogP contribution in [0.4, 0.5) is 15.6 Å². The van der Waals surface area contributed by atoms with Crippen LogP contribution in [-0.2, 0) is 4.79 Å². The highest BCUT2D eigenvalue weighted by atomic mass is 35.5. The van der Waals surface area contributed by atoms with Gasteiger partial charge in [0.15, 0.2) is 0 Å². The number of hydrogen-bond donors (Lipinski definition) is 2. The van der Waals surface area contributed by atoms with E-state index in [1.807, 2.05) is 31.2 Å². The van der Waals surface area contributed by atoms with Gasteiger partial charge in [-0.2, -0.15) is 0 Å². The smallest absolute Gasteiger partial charge is 0.312 e. The van der Waals surface area contributed by atoms with Crippen LogP contribution in [0.1, 0.15) is 18.4 Å². The summed E-state index contributed by atoms with van der Waals surface area (Å²) in [6.45, 7) is 2.50. The number of rotatable bonds is 4. The zero-order valence-electron chi connectivity index (χ0n) is 16.6. The largest absolute Gasteiger partial charge is 0.322 e. The number of anilines is 2. The lowest BCUT2D eigenvalue weighted by Gasteiger charge is -2.23. The van der Waals surface area contributed by atoms with E-state index in [-0.39, 0.29) is 11.9 Å². The fraction of sp³-hybridized carbons (Fsp3) is 0.238. The van der Waals surface area contributed by atoms with E-state index in [0.717, 1.165) is 22.6 Å². The normalized spacial score (nSPS) is 15.7. The monoisotopic (exact) mass is 475 g/mol. The van der Waals surface area contributed by atoms with Gasteiger partial charge in [-0.1, -0.05) is 64.4 Å². The van der Waals surface area contributed by atoms with Crippen molar-refractivity contribution in [1.82, 2.24) is 15.1 Å². The first-order valence-electron chi connectivity index (χ1n) is 9.65. The summed E-state index contributed by atoms with van der Waals surface area (Å²) in [6, 6.07) is 11.8. The molecule has 1 atom stereocenters. The topological polar surface area (TPSA) is 87.2 Å². The van der Waals surface area contributed by atoms with Crippen LogP contribution in [0.15, 0.2) is 42.5 Å². The van der Waals surface area contributed by atoms with E-state index < -0.39 is 6.04 Å². The first kappa shape index (κ1) is 21.5. The van der Waals surface area contributed by atoms with Crippen molar-refractivity contribution >= 4 is 57.3 Å². The molecule has 0 aliphatic carbocycles. The molecule has 4 rings (SSSR count). The van der Waals surface area contributed by atoms with Gasteiger partial charge in [-0.3, -0.25) is 10.1 Å². The molecule has 7 nitrogen and oxygen atoms in total. The second-order valence-electron chi connectivity index (χ2n) is 7.18. The van der Waals surface area contributed by atoms with Crippen molar-refractivity contribution in [2.24, 2.45) is 0 Å². The van der Waals surface area contributed by atoms with E-state index in [9.17, 15) is 9.59 Å². The first-order chi connectivity index (χ1) is 14.9. The van der Waals surface area contributed by atoms with E-state index in [0.29, 0.717) is 33.8 Å². The lowest BCUT2D eigenvalue weighted by atomic mass is 10.2. The minimum atomic E-state index is -0.588. The molecule has 2 N–H and O–H groups in total. The Balaban J connectivity index is 1.41. The zero-order chi connectivity index (χ0) is 22.0. The Labute approximate surface area is 193 Å². The molecule has 3 amide bonds. The van der Waals surface area contributed by atoms with Gasteiger partial charge in [-0.25, -0.2) is 4.79 Å². The number of nitrogens with zero attached hydrogens (tertiary/aromatic N) is 3. The maximum absolute atomic E-state index is 12.8. The molecule has 2 heterocycles. The Bertz CT molecular complexity index is 1120. The van der Waals surface area contributed by atoms with Crippen LogP contribution < -0.4 is 10.6 Å². The van der Waals surface area contributed by atoms with Gasteiger partial charge < -0.3 is 10.2 Å². The number of likely N-dealkylation sites (tertiary alicyclic amines) is 1. The van der Waals surface area contributed by atoms with Gasteiger partial charge in [-0.15, -0.1) is 10.2 Å². The molecule has 1 aliphatic heterocycles. The summed E-state index contributed by atoms with van der Waals surface area (Å²) < 4.78 is 0. The van der Waals surface area contributed by atoms with Gasteiger partial charge in [0.25, 0.3) is 0 Å². The predicted molar refractivity (Wildman–Crippen MR) is 124 cm³/mol. The number of aryl methyl sites for hydroxylation is 1. The van der Waals surface area contributed by atoms with Crippen molar-refractivity contribution in [3.63, 3.8) is 0 Å². The highest BCUT2D eigenvalue weighted by Gasteiger charge is 2.34. The fourth-order valence-corrected chi connectivity index (χ4v) is 4.38. The standard InChI is InChI=1S/C21H19Cl2N5O2S/c1-12-4-6-13(7-5-12)19-26-27-20(31-19)25-18(29)17-3-2-10-28(17)21(30)24-14-8-9-15(22)16(23)11-14/h4-9,11,17H,2-3,10H2,1H3,(H,24,30)(H,25,27,29). The van der Waals surface area contributed by atoms with Gasteiger partial charge in [0.05, 0.1) is 10.0 Å². The summed E-state index contributed by atoms with van der Waals surface area (Å²) in [4.78, 5) is 27.1. The Morgan fingerprint density at radius 1 is 1.06 bits per heavy atom. The summed E-state index contributed by atoms with van der Waals surface area (Å²) in [6.07, 6.45) is 1.31. The molecule has 0 saturated carbocycles. The molecule has 10 heteroatoms. The predicted octanol–water partition coefficient (Wildman–Crippen LogP) is 5.46.